The maximum Gasteiger partial charge on any atom is 0.0603 e. The van der Waals surface area contributed by atoms with E-state index in [2.05, 4.69) is 127 Å². The van der Waals surface area contributed by atoms with Crippen molar-refractivity contribution in [1.29, 1.82) is 0 Å². The van der Waals surface area contributed by atoms with E-state index >= 15 is 0 Å². The monoisotopic (exact) mass is 450 g/mol. The molecule has 0 saturated carbocycles. The van der Waals surface area contributed by atoms with Gasteiger partial charge in [0.05, 0.1) is 6.04 Å². The molecule has 0 aliphatic carbocycles. The summed E-state index contributed by atoms with van der Waals surface area (Å²) >= 11 is 0. The van der Waals surface area contributed by atoms with E-state index in [9.17, 15) is 0 Å². The number of para-hydroxylation sites is 1. The number of allylic oxidation sites excluding steroid dienone is 2. The number of hydrogen-bond donors (Lipinski definition) is 0. The maximum absolute atomic E-state index is 4.83. The minimum atomic E-state index is -0.0192. The van der Waals surface area contributed by atoms with Crippen LogP contribution in [0.4, 0.5) is 5.69 Å². The van der Waals surface area contributed by atoms with E-state index < -0.39 is 0 Å². The van der Waals surface area contributed by atoms with Crippen molar-refractivity contribution in [2.24, 2.45) is 5.10 Å². The third-order valence-electron chi connectivity index (χ3n) is 7.29. The number of likely N-dealkylation sites (N-methyl/N-ethyl adjacent to an activating group) is 1. The molecule has 0 aromatic heterocycles. The number of hydrazone groups is 1. The smallest absolute Gasteiger partial charge is 0.0603 e. The summed E-state index contributed by atoms with van der Waals surface area (Å²) in [5.74, 6) is 0. The summed E-state index contributed by atoms with van der Waals surface area (Å²) in [6.45, 7) is 8.41. The van der Waals surface area contributed by atoms with Crippen molar-refractivity contribution < 1.29 is 0 Å². The largest absolute Gasteiger partial charge is 0.347 e. The lowest BCUT2D eigenvalue weighted by Crippen LogP contribution is -2.45. The molecule has 34 heavy (non-hydrogen) atoms. The molecule has 0 N–H and O–H groups in total. The molecule has 1 saturated heterocycles. The number of nitrogens with zero attached hydrogens (tertiary/aromatic N) is 4. The maximum atomic E-state index is 4.83. The van der Waals surface area contributed by atoms with E-state index in [1.54, 1.807) is 0 Å². The predicted molar refractivity (Wildman–Crippen MR) is 142 cm³/mol. The zero-order chi connectivity index (χ0) is 23.5. The van der Waals surface area contributed by atoms with Crippen LogP contribution in [0.3, 0.4) is 0 Å². The van der Waals surface area contributed by atoms with Gasteiger partial charge < -0.3 is 4.90 Å². The molecule has 1 fully saturated rings. The lowest BCUT2D eigenvalue weighted by molar-refractivity contribution is 0.113. The fourth-order valence-electron chi connectivity index (χ4n) is 5.47. The van der Waals surface area contributed by atoms with E-state index in [0.717, 1.165) is 26.2 Å². The van der Waals surface area contributed by atoms with Crippen LogP contribution in [0.25, 0.3) is 0 Å². The van der Waals surface area contributed by atoms with Crippen molar-refractivity contribution in [2.75, 3.05) is 38.1 Å². The molecule has 4 heteroatoms. The SMILES string of the molecule is CN1/C(=C\C=N/N2CCN(C(c3ccccc3)c3ccccc3)CC2)C(C)(C)c2ccccc21. The van der Waals surface area contributed by atoms with Gasteiger partial charge in [-0.05, 0) is 28.8 Å². The Bertz CT molecular complexity index is 1120. The van der Waals surface area contributed by atoms with E-state index in [1.165, 1.54) is 28.1 Å². The van der Waals surface area contributed by atoms with Gasteiger partial charge in [0.25, 0.3) is 0 Å². The summed E-state index contributed by atoms with van der Waals surface area (Å²) in [5.41, 5.74) is 6.62. The van der Waals surface area contributed by atoms with Gasteiger partial charge in [-0.2, -0.15) is 5.10 Å². The number of hydrogen-bond acceptors (Lipinski definition) is 4. The van der Waals surface area contributed by atoms with Crippen molar-refractivity contribution >= 4 is 11.9 Å². The molecule has 0 unspecified atom stereocenters. The van der Waals surface area contributed by atoms with Gasteiger partial charge in [0, 0.05) is 56.2 Å². The molecule has 4 nitrogen and oxygen atoms in total. The molecule has 0 radical (unpaired) electrons. The molecule has 2 aliphatic heterocycles. The van der Waals surface area contributed by atoms with Gasteiger partial charge in [0.15, 0.2) is 0 Å². The van der Waals surface area contributed by atoms with Gasteiger partial charge in [0.2, 0.25) is 0 Å². The number of fused-ring (bicyclic) bond motifs is 1. The molecule has 2 aliphatic rings. The van der Waals surface area contributed by atoms with Gasteiger partial charge in [-0.1, -0.05) is 92.7 Å². The number of piperazine rings is 1. The lowest BCUT2D eigenvalue weighted by Gasteiger charge is -2.38. The van der Waals surface area contributed by atoms with Crippen LogP contribution < -0.4 is 4.90 Å². The molecule has 0 spiro atoms. The van der Waals surface area contributed by atoms with Crippen LogP contribution in [0.15, 0.2) is 102 Å². The molecule has 3 aromatic carbocycles. The Kier molecular flexibility index (Phi) is 6.25. The molecular formula is C30H34N4. The highest BCUT2D eigenvalue weighted by atomic mass is 15.5. The molecule has 3 aromatic rings. The number of anilines is 1. The average Bonchev–Trinajstić information content (AvgIpc) is 3.07. The normalized spacial score (nSPS) is 19.4. The predicted octanol–water partition coefficient (Wildman–Crippen LogP) is 5.69. The van der Waals surface area contributed by atoms with Crippen LogP contribution in [-0.2, 0) is 5.41 Å². The molecule has 174 valence electrons. The Morgan fingerprint density at radius 1 is 0.765 bits per heavy atom. The van der Waals surface area contributed by atoms with Crippen LogP contribution in [-0.4, -0.2) is 49.4 Å². The molecular weight excluding hydrogens is 416 g/mol. The standard InChI is InChI=1S/C30H34N4/c1-30(2)26-16-10-11-17-27(26)32(3)28(30)18-19-31-34-22-20-33(21-23-34)29(24-12-6-4-7-13-24)25-14-8-5-9-15-25/h4-19,29H,20-23H2,1-3H3/b28-18-,31-19-. The fraction of sp³-hybridized carbons (Fsp3) is 0.300. The quantitative estimate of drug-likeness (QED) is 0.466. The Labute approximate surface area is 203 Å². The van der Waals surface area contributed by atoms with Crippen molar-refractivity contribution in [3.8, 4) is 0 Å². The van der Waals surface area contributed by atoms with Gasteiger partial charge in [-0.15, -0.1) is 0 Å². The Morgan fingerprint density at radius 3 is 1.91 bits per heavy atom. The zero-order valence-electron chi connectivity index (χ0n) is 20.4. The first-order valence-electron chi connectivity index (χ1n) is 12.2. The molecule has 0 atom stereocenters. The summed E-state index contributed by atoms with van der Waals surface area (Å²) in [6, 6.07) is 30.7. The number of benzene rings is 3. The first-order valence-corrected chi connectivity index (χ1v) is 12.2. The third-order valence-corrected chi connectivity index (χ3v) is 7.29. The van der Waals surface area contributed by atoms with Gasteiger partial charge >= 0.3 is 0 Å². The second-order valence-electron chi connectivity index (χ2n) is 9.73. The number of rotatable bonds is 5. The minimum Gasteiger partial charge on any atom is -0.347 e. The summed E-state index contributed by atoms with van der Waals surface area (Å²) in [7, 11) is 2.15. The summed E-state index contributed by atoms with van der Waals surface area (Å²) in [6.07, 6.45) is 4.17. The van der Waals surface area contributed by atoms with E-state index in [1.807, 2.05) is 6.21 Å². The van der Waals surface area contributed by atoms with Crippen molar-refractivity contribution in [3.05, 3.63) is 113 Å². The van der Waals surface area contributed by atoms with Gasteiger partial charge in [-0.25, -0.2) is 0 Å². The molecule has 0 bridgehead atoms. The molecule has 2 heterocycles. The lowest BCUT2D eigenvalue weighted by atomic mass is 9.84. The Hall–Kier alpha value is -3.37. The van der Waals surface area contributed by atoms with Crippen LogP contribution in [0.1, 0.15) is 36.6 Å². The second kappa shape index (κ2) is 9.47. The second-order valence-corrected chi connectivity index (χ2v) is 9.73. The Morgan fingerprint density at radius 2 is 1.32 bits per heavy atom. The zero-order valence-corrected chi connectivity index (χ0v) is 20.4. The van der Waals surface area contributed by atoms with Crippen LogP contribution in [0.5, 0.6) is 0 Å². The Balaban J connectivity index is 1.27. The van der Waals surface area contributed by atoms with Crippen LogP contribution in [0.2, 0.25) is 0 Å². The average molecular weight is 451 g/mol. The highest BCUT2D eigenvalue weighted by Crippen LogP contribution is 2.46. The summed E-state index contributed by atoms with van der Waals surface area (Å²) < 4.78 is 0. The van der Waals surface area contributed by atoms with E-state index in [4.69, 9.17) is 5.10 Å². The fourth-order valence-corrected chi connectivity index (χ4v) is 5.47. The third kappa shape index (κ3) is 4.26. The topological polar surface area (TPSA) is 22.1 Å². The van der Waals surface area contributed by atoms with Crippen molar-refractivity contribution in [2.45, 2.75) is 25.3 Å². The first-order chi connectivity index (χ1) is 16.6. The molecule has 5 rings (SSSR count). The highest BCUT2D eigenvalue weighted by Gasteiger charge is 2.37. The van der Waals surface area contributed by atoms with Gasteiger partial charge in [0.1, 0.15) is 0 Å². The first kappa shape index (κ1) is 22.4. The van der Waals surface area contributed by atoms with E-state index in [0.29, 0.717) is 0 Å². The van der Waals surface area contributed by atoms with Crippen LogP contribution in [0, 0.1) is 0 Å². The highest BCUT2D eigenvalue weighted by molar-refractivity contribution is 5.79. The van der Waals surface area contributed by atoms with Crippen LogP contribution >= 0.6 is 0 Å². The summed E-state index contributed by atoms with van der Waals surface area (Å²) in [4.78, 5) is 4.88. The molecule has 0 amide bonds. The van der Waals surface area contributed by atoms with Crippen molar-refractivity contribution in [3.63, 3.8) is 0 Å². The van der Waals surface area contributed by atoms with Crippen molar-refractivity contribution in [1.82, 2.24) is 9.91 Å². The van der Waals surface area contributed by atoms with E-state index in [-0.39, 0.29) is 11.5 Å². The van der Waals surface area contributed by atoms with Gasteiger partial charge in [-0.3, -0.25) is 9.91 Å². The summed E-state index contributed by atoms with van der Waals surface area (Å²) in [5, 5.41) is 7.03. The minimum absolute atomic E-state index is 0.0192.